The Hall–Kier alpha value is -0.340. The normalized spacial score (nSPS) is 10.6. The van der Waals surface area contributed by atoms with Crippen LogP contribution in [0.25, 0.3) is 0 Å². The Balaban J connectivity index is 2.87. The maximum absolute atomic E-state index is 5.24. The van der Waals surface area contributed by atoms with Crippen molar-refractivity contribution in [3.05, 3.63) is 12.7 Å². The number of ether oxygens (including phenoxy) is 2. The highest BCUT2D eigenvalue weighted by molar-refractivity contribution is 4.65. The maximum atomic E-state index is 5.24. The van der Waals surface area contributed by atoms with E-state index in [2.05, 4.69) is 6.58 Å². The molecule has 2 heteroatoms. The SMILES string of the molecule is C=CCCCCCCCCCCCOCOC. The molecule has 0 aromatic carbocycles. The monoisotopic (exact) mass is 242 g/mol. The lowest BCUT2D eigenvalue weighted by molar-refractivity contribution is -0.0315. The van der Waals surface area contributed by atoms with Gasteiger partial charge in [-0.2, -0.15) is 0 Å². The van der Waals surface area contributed by atoms with E-state index in [0.717, 1.165) is 6.61 Å². The zero-order valence-electron chi connectivity index (χ0n) is 11.6. The fourth-order valence-electron chi connectivity index (χ4n) is 1.87. The third-order valence-corrected chi connectivity index (χ3v) is 2.90. The van der Waals surface area contributed by atoms with Crippen LogP contribution in [-0.4, -0.2) is 20.5 Å². The van der Waals surface area contributed by atoms with Gasteiger partial charge in [0.05, 0.1) is 0 Å². The van der Waals surface area contributed by atoms with Gasteiger partial charge in [-0.1, -0.05) is 51.0 Å². The highest BCUT2D eigenvalue weighted by Gasteiger charge is 1.92. The van der Waals surface area contributed by atoms with Crippen molar-refractivity contribution in [2.75, 3.05) is 20.5 Å². The molecule has 0 N–H and O–H groups in total. The van der Waals surface area contributed by atoms with E-state index in [9.17, 15) is 0 Å². The van der Waals surface area contributed by atoms with Crippen molar-refractivity contribution in [2.45, 2.75) is 64.2 Å². The van der Waals surface area contributed by atoms with Crippen LogP contribution in [0, 0.1) is 0 Å². The molecule has 0 aromatic rings. The predicted molar refractivity (Wildman–Crippen MR) is 74.2 cm³/mol. The van der Waals surface area contributed by atoms with Crippen LogP contribution in [0.5, 0.6) is 0 Å². The van der Waals surface area contributed by atoms with E-state index < -0.39 is 0 Å². The van der Waals surface area contributed by atoms with Crippen molar-refractivity contribution in [2.24, 2.45) is 0 Å². The van der Waals surface area contributed by atoms with Crippen molar-refractivity contribution in [3.8, 4) is 0 Å². The molecular weight excluding hydrogens is 212 g/mol. The molecule has 0 saturated heterocycles. The van der Waals surface area contributed by atoms with Gasteiger partial charge in [-0.15, -0.1) is 6.58 Å². The molecule has 0 aromatic heterocycles. The summed E-state index contributed by atoms with van der Waals surface area (Å²) >= 11 is 0. The summed E-state index contributed by atoms with van der Waals surface area (Å²) in [5.74, 6) is 0. The largest absolute Gasteiger partial charge is 0.359 e. The molecule has 0 bridgehead atoms. The summed E-state index contributed by atoms with van der Waals surface area (Å²) in [5, 5.41) is 0. The Morgan fingerprint density at radius 3 is 1.88 bits per heavy atom. The minimum atomic E-state index is 0.435. The molecule has 0 fully saturated rings. The quantitative estimate of drug-likeness (QED) is 0.250. The van der Waals surface area contributed by atoms with E-state index >= 15 is 0 Å². The van der Waals surface area contributed by atoms with Gasteiger partial charge in [0.15, 0.2) is 0 Å². The van der Waals surface area contributed by atoms with Crippen LogP contribution in [0.15, 0.2) is 12.7 Å². The van der Waals surface area contributed by atoms with Gasteiger partial charge >= 0.3 is 0 Å². The Morgan fingerprint density at radius 2 is 1.35 bits per heavy atom. The lowest BCUT2D eigenvalue weighted by atomic mass is 10.1. The molecular formula is C15H30O2. The zero-order valence-corrected chi connectivity index (χ0v) is 11.6. The van der Waals surface area contributed by atoms with Crippen molar-refractivity contribution >= 4 is 0 Å². The summed E-state index contributed by atoms with van der Waals surface area (Å²) in [6.07, 6.45) is 15.3. The Morgan fingerprint density at radius 1 is 0.824 bits per heavy atom. The summed E-state index contributed by atoms with van der Waals surface area (Å²) in [6, 6.07) is 0. The Kier molecular flexibility index (Phi) is 15.3. The smallest absolute Gasteiger partial charge is 0.146 e. The van der Waals surface area contributed by atoms with E-state index in [0.29, 0.717) is 6.79 Å². The van der Waals surface area contributed by atoms with E-state index in [4.69, 9.17) is 9.47 Å². The second-order valence-corrected chi connectivity index (χ2v) is 4.57. The molecule has 0 amide bonds. The molecule has 2 nitrogen and oxygen atoms in total. The molecule has 0 saturated carbocycles. The molecule has 0 aliphatic heterocycles. The van der Waals surface area contributed by atoms with Gasteiger partial charge in [0.25, 0.3) is 0 Å². The number of methoxy groups -OCH3 is 1. The van der Waals surface area contributed by atoms with Gasteiger partial charge in [-0.05, 0) is 19.3 Å². The second-order valence-electron chi connectivity index (χ2n) is 4.57. The third-order valence-electron chi connectivity index (χ3n) is 2.90. The van der Waals surface area contributed by atoms with Gasteiger partial charge in [0, 0.05) is 13.7 Å². The van der Waals surface area contributed by atoms with Crippen molar-refractivity contribution in [1.82, 2.24) is 0 Å². The summed E-state index contributed by atoms with van der Waals surface area (Å²) in [5.41, 5.74) is 0. The maximum Gasteiger partial charge on any atom is 0.146 e. The molecule has 0 heterocycles. The molecule has 0 spiro atoms. The van der Waals surface area contributed by atoms with E-state index in [1.165, 1.54) is 64.2 Å². The highest BCUT2D eigenvalue weighted by Crippen LogP contribution is 2.10. The van der Waals surface area contributed by atoms with E-state index in [1.807, 2.05) is 6.08 Å². The minimum absolute atomic E-state index is 0.435. The van der Waals surface area contributed by atoms with Crippen molar-refractivity contribution in [1.29, 1.82) is 0 Å². The topological polar surface area (TPSA) is 18.5 Å². The fourth-order valence-corrected chi connectivity index (χ4v) is 1.87. The molecule has 0 rings (SSSR count). The van der Waals surface area contributed by atoms with Crippen LogP contribution in [-0.2, 0) is 9.47 Å². The molecule has 102 valence electrons. The molecule has 0 radical (unpaired) electrons. The van der Waals surface area contributed by atoms with Crippen molar-refractivity contribution < 1.29 is 9.47 Å². The Bertz CT molecular complexity index is 146. The number of unbranched alkanes of at least 4 members (excludes halogenated alkanes) is 9. The molecule has 0 aliphatic rings. The van der Waals surface area contributed by atoms with Gasteiger partial charge < -0.3 is 9.47 Å². The first-order chi connectivity index (χ1) is 8.41. The highest BCUT2D eigenvalue weighted by atomic mass is 16.7. The Labute approximate surface area is 107 Å². The second kappa shape index (κ2) is 15.7. The van der Waals surface area contributed by atoms with Gasteiger partial charge in [0.1, 0.15) is 6.79 Å². The average molecular weight is 242 g/mol. The van der Waals surface area contributed by atoms with Crippen LogP contribution < -0.4 is 0 Å². The standard InChI is InChI=1S/C15H30O2/c1-3-4-5-6-7-8-9-10-11-12-13-14-17-15-16-2/h3H,1,4-15H2,2H3. The number of hydrogen-bond acceptors (Lipinski definition) is 2. The molecule has 0 unspecified atom stereocenters. The molecule has 0 aliphatic carbocycles. The van der Waals surface area contributed by atoms with Crippen LogP contribution in [0.4, 0.5) is 0 Å². The third kappa shape index (κ3) is 15.7. The van der Waals surface area contributed by atoms with E-state index in [-0.39, 0.29) is 0 Å². The minimum Gasteiger partial charge on any atom is -0.359 e. The average Bonchev–Trinajstić information content (AvgIpc) is 2.35. The lowest BCUT2D eigenvalue weighted by Crippen LogP contribution is -1.98. The van der Waals surface area contributed by atoms with Gasteiger partial charge in [-0.3, -0.25) is 0 Å². The van der Waals surface area contributed by atoms with E-state index in [1.54, 1.807) is 7.11 Å². The predicted octanol–water partition coefficient (Wildman–Crippen LogP) is 4.69. The summed E-state index contributed by atoms with van der Waals surface area (Å²) < 4.78 is 10.0. The van der Waals surface area contributed by atoms with Gasteiger partial charge in [-0.25, -0.2) is 0 Å². The van der Waals surface area contributed by atoms with Crippen molar-refractivity contribution in [3.63, 3.8) is 0 Å². The molecule has 17 heavy (non-hydrogen) atoms. The van der Waals surface area contributed by atoms with Crippen LogP contribution in [0.3, 0.4) is 0 Å². The zero-order chi connectivity index (χ0) is 12.6. The van der Waals surface area contributed by atoms with Crippen LogP contribution >= 0.6 is 0 Å². The number of hydrogen-bond donors (Lipinski definition) is 0. The molecule has 0 atom stereocenters. The summed E-state index contributed by atoms with van der Waals surface area (Å²) in [4.78, 5) is 0. The number of allylic oxidation sites excluding steroid dienone is 1. The summed E-state index contributed by atoms with van der Waals surface area (Å²) in [6.45, 7) is 5.01. The first-order valence-corrected chi connectivity index (χ1v) is 7.09. The van der Waals surface area contributed by atoms with Gasteiger partial charge in [0.2, 0.25) is 0 Å². The first-order valence-electron chi connectivity index (χ1n) is 7.09. The van der Waals surface area contributed by atoms with Crippen LogP contribution in [0.1, 0.15) is 64.2 Å². The first kappa shape index (κ1) is 16.7. The lowest BCUT2D eigenvalue weighted by Gasteiger charge is -2.03. The summed E-state index contributed by atoms with van der Waals surface area (Å²) in [7, 11) is 1.66. The van der Waals surface area contributed by atoms with Crippen LogP contribution in [0.2, 0.25) is 0 Å². The fraction of sp³-hybridized carbons (Fsp3) is 0.867. The number of rotatable bonds is 14.